The molecular formula is C44H68O4. The fourth-order valence-electron chi connectivity index (χ4n) is 9.78. The quantitative estimate of drug-likeness (QED) is 0.238. The fraction of sp³-hybridized carbons (Fsp3) is 0.727. The molecule has 0 saturated heterocycles. The number of aryl methyl sites for hydroxylation is 2. The first-order valence-corrected chi connectivity index (χ1v) is 19.7. The number of fused-ring (bicyclic) bond motifs is 6. The van der Waals surface area contributed by atoms with Gasteiger partial charge in [0.15, 0.2) is 0 Å². The summed E-state index contributed by atoms with van der Waals surface area (Å²) in [6.45, 7) is 18.4. The van der Waals surface area contributed by atoms with Crippen LogP contribution in [0.25, 0.3) is 0 Å². The van der Waals surface area contributed by atoms with Gasteiger partial charge in [0.1, 0.15) is 34.2 Å². The first-order chi connectivity index (χ1) is 22.9. The third kappa shape index (κ3) is 7.99. The maximum Gasteiger partial charge on any atom is 0.127 e. The molecule has 2 aromatic rings. The summed E-state index contributed by atoms with van der Waals surface area (Å²) in [4.78, 5) is 0. The average molecular weight is 661 g/mol. The van der Waals surface area contributed by atoms with Crippen molar-refractivity contribution in [2.75, 3.05) is 14.2 Å². The molecule has 0 aromatic heterocycles. The highest BCUT2D eigenvalue weighted by molar-refractivity contribution is 5.54. The van der Waals surface area contributed by atoms with Gasteiger partial charge in [-0.25, -0.2) is 0 Å². The molecule has 0 unspecified atom stereocenters. The van der Waals surface area contributed by atoms with Crippen LogP contribution in [0.5, 0.6) is 23.0 Å². The van der Waals surface area contributed by atoms with Crippen LogP contribution in [0.3, 0.4) is 0 Å². The normalized spacial score (nSPS) is 27.8. The van der Waals surface area contributed by atoms with Crippen molar-refractivity contribution in [1.29, 1.82) is 0 Å². The monoisotopic (exact) mass is 661 g/mol. The molecule has 2 aliphatic heterocycles. The summed E-state index contributed by atoms with van der Waals surface area (Å²) in [6.07, 6.45) is 17.5. The summed E-state index contributed by atoms with van der Waals surface area (Å²) in [5, 5.41) is 0. The SMILES string of the molecule is CCCCCc1cc(OC)c2c(c1)OC(C)(C)[C@@H]1CC[C@@H](C)C[C@@H]21.CCCCCc1cc(OC)c2c(c1)OC(C)(C)[C@@H]1CC[C@H](C)C[C@@H]21. The van der Waals surface area contributed by atoms with Crippen LogP contribution in [0.15, 0.2) is 24.3 Å². The maximum atomic E-state index is 6.53. The Bertz CT molecular complexity index is 1250. The molecule has 2 aromatic carbocycles. The third-order valence-electron chi connectivity index (χ3n) is 12.4. The highest BCUT2D eigenvalue weighted by Crippen LogP contribution is 2.57. The Labute approximate surface area is 294 Å². The second-order valence-electron chi connectivity index (χ2n) is 17.0. The maximum absolute atomic E-state index is 6.53. The Hall–Kier alpha value is -2.36. The Balaban J connectivity index is 0.000000188. The summed E-state index contributed by atoms with van der Waals surface area (Å²) in [7, 11) is 3.62. The van der Waals surface area contributed by atoms with Gasteiger partial charge in [0, 0.05) is 23.0 Å². The molecule has 0 radical (unpaired) electrons. The number of ether oxygens (including phenoxy) is 4. The lowest BCUT2D eigenvalue weighted by atomic mass is 9.64. The summed E-state index contributed by atoms with van der Waals surface area (Å²) in [5.41, 5.74) is 5.24. The van der Waals surface area contributed by atoms with Gasteiger partial charge < -0.3 is 18.9 Å². The molecule has 48 heavy (non-hydrogen) atoms. The predicted octanol–water partition coefficient (Wildman–Crippen LogP) is 12.2. The van der Waals surface area contributed by atoms with Gasteiger partial charge in [0.2, 0.25) is 0 Å². The first kappa shape index (κ1) is 36.9. The lowest BCUT2D eigenvalue weighted by Crippen LogP contribution is -2.46. The standard InChI is InChI=1S/2C22H34O2/c2*1-6-7-8-9-16-13-19(23-5)21-17-12-15(2)10-11-18(17)22(3,4)24-20(21)14-16/h2*13-15,17-18H,6-12H2,1-5H3/t15-,17+,18+;15-,17-,18-/m01/s1. The molecular weight excluding hydrogens is 592 g/mol. The van der Waals surface area contributed by atoms with Gasteiger partial charge in [-0.3, -0.25) is 0 Å². The average Bonchev–Trinajstić information content (AvgIpc) is 3.03. The van der Waals surface area contributed by atoms with Crippen LogP contribution in [0, 0.1) is 23.7 Å². The molecule has 2 saturated carbocycles. The molecule has 2 heterocycles. The highest BCUT2D eigenvalue weighted by Gasteiger charge is 2.48. The second-order valence-corrected chi connectivity index (χ2v) is 17.0. The van der Waals surface area contributed by atoms with E-state index in [0.29, 0.717) is 23.7 Å². The number of methoxy groups -OCH3 is 2. The summed E-state index contributed by atoms with van der Waals surface area (Å²) in [5.74, 6) is 8.21. The zero-order valence-corrected chi connectivity index (χ0v) is 32.3. The molecule has 0 bridgehead atoms. The number of hydrogen-bond acceptors (Lipinski definition) is 4. The lowest BCUT2D eigenvalue weighted by molar-refractivity contribution is -0.0149. The van der Waals surface area contributed by atoms with E-state index in [9.17, 15) is 0 Å². The molecule has 0 spiro atoms. The molecule has 4 nitrogen and oxygen atoms in total. The largest absolute Gasteiger partial charge is 0.496 e. The van der Waals surface area contributed by atoms with Crippen LogP contribution >= 0.6 is 0 Å². The van der Waals surface area contributed by atoms with Crippen LogP contribution in [0.4, 0.5) is 0 Å². The number of hydrogen-bond donors (Lipinski definition) is 0. The Kier molecular flexibility index (Phi) is 12.1. The molecule has 2 fully saturated rings. The van der Waals surface area contributed by atoms with Crippen molar-refractivity contribution >= 4 is 0 Å². The van der Waals surface area contributed by atoms with Crippen molar-refractivity contribution in [3.05, 3.63) is 46.5 Å². The number of benzene rings is 2. The second kappa shape index (κ2) is 15.7. The third-order valence-corrected chi connectivity index (χ3v) is 12.4. The van der Waals surface area contributed by atoms with E-state index in [4.69, 9.17) is 18.9 Å². The van der Waals surface area contributed by atoms with Gasteiger partial charge in [0.05, 0.1) is 14.2 Å². The topological polar surface area (TPSA) is 36.9 Å². The van der Waals surface area contributed by atoms with E-state index in [0.717, 1.165) is 47.7 Å². The molecule has 0 N–H and O–H groups in total. The number of unbranched alkanes of at least 4 members (excludes halogenated alkanes) is 4. The van der Waals surface area contributed by atoms with Crippen molar-refractivity contribution < 1.29 is 18.9 Å². The molecule has 4 heteroatoms. The zero-order chi connectivity index (χ0) is 34.6. The van der Waals surface area contributed by atoms with E-state index in [1.165, 1.54) is 99.3 Å². The van der Waals surface area contributed by atoms with Crippen LogP contribution in [0.2, 0.25) is 0 Å². The van der Waals surface area contributed by atoms with Crippen LogP contribution in [-0.4, -0.2) is 25.4 Å². The summed E-state index contributed by atoms with van der Waals surface area (Å²) >= 11 is 0. The summed E-state index contributed by atoms with van der Waals surface area (Å²) in [6, 6.07) is 9.13. The lowest BCUT2D eigenvalue weighted by Gasteiger charge is -2.49. The van der Waals surface area contributed by atoms with Crippen LogP contribution in [0.1, 0.15) is 167 Å². The minimum atomic E-state index is -0.0785. The minimum Gasteiger partial charge on any atom is -0.496 e. The number of rotatable bonds is 10. The molecule has 268 valence electrons. The van der Waals surface area contributed by atoms with E-state index in [-0.39, 0.29) is 11.2 Å². The molecule has 6 atom stereocenters. The van der Waals surface area contributed by atoms with E-state index in [1.807, 2.05) is 14.2 Å². The Morgan fingerprint density at radius 2 is 1.00 bits per heavy atom. The van der Waals surface area contributed by atoms with Crippen molar-refractivity contribution in [2.45, 2.75) is 168 Å². The van der Waals surface area contributed by atoms with Gasteiger partial charge in [-0.2, -0.15) is 0 Å². The van der Waals surface area contributed by atoms with Gasteiger partial charge >= 0.3 is 0 Å². The molecule has 0 amide bonds. The Morgan fingerprint density at radius 3 is 1.35 bits per heavy atom. The van der Waals surface area contributed by atoms with Gasteiger partial charge in [0.25, 0.3) is 0 Å². The first-order valence-electron chi connectivity index (χ1n) is 19.7. The van der Waals surface area contributed by atoms with E-state index >= 15 is 0 Å². The van der Waals surface area contributed by atoms with Gasteiger partial charge in [-0.15, -0.1) is 0 Å². The molecule has 6 rings (SSSR count). The van der Waals surface area contributed by atoms with E-state index < -0.39 is 0 Å². The molecule has 2 aliphatic carbocycles. The molecule has 4 aliphatic rings. The van der Waals surface area contributed by atoms with Gasteiger partial charge in [-0.1, -0.05) is 66.2 Å². The smallest absolute Gasteiger partial charge is 0.127 e. The van der Waals surface area contributed by atoms with Crippen LogP contribution < -0.4 is 18.9 Å². The zero-order valence-electron chi connectivity index (χ0n) is 32.3. The van der Waals surface area contributed by atoms with E-state index in [2.05, 4.69) is 79.7 Å². The van der Waals surface area contributed by atoms with Crippen molar-refractivity contribution in [1.82, 2.24) is 0 Å². The van der Waals surface area contributed by atoms with Gasteiger partial charge in [-0.05, 0) is 138 Å². The highest BCUT2D eigenvalue weighted by atomic mass is 16.5. The minimum absolute atomic E-state index is 0.0785. The van der Waals surface area contributed by atoms with E-state index in [1.54, 1.807) is 0 Å². The van der Waals surface area contributed by atoms with Crippen LogP contribution in [-0.2, 0) is 12.8 Å². The predicted molar refractivity (Wildman–Crippen MR) is 200 cm³/mol. The van der Waals surface area contributed by atoms with Crippen molar-refractivity contribution in [2.24, 2.45) is 23.7 Å². The van der Waals surface area contributed by atoms with Crippen molar-refractivity contribution in [3.8, 4) is 23.0 Å². The van der Waals surface area contributed by atoms with Crippen molar-refractivity contribution in [3.63, 3.8) is 0 Å². The fourth-order valence-corrected chi connectivity index (χ4v) is 9.78. The summed E-state index contributed by atoms with van der Waals surface area (Å²) < 4.78 is 24.7. The Morgan fingerprint density at radius 1 is 0.604 bits per heavy atom.